The van der Waals surface area contributed by atoms with Gasteiger partial charge in [0, 0.05) is 25.0 Å². The lowest BCUT2D eigenvalue weighted by atomic mass is 10.1. The minimum atomic E-state index is -0.211. The highest BCUT2D eigenvalue weighted by Crippen LogP contribution is 2.13. The average Bonchev–Trinajstić information content (AvgIpc) is 2.33. The summed E-state index contributed by atoms with van der Waals surface area (Å²) in [7, 11) is 1.56. The number of aryl methyl sites for hydroxylation is 1. The van der Waals surface area contributed by atoms with Crippen LogP contribution in [0.25, 0.3) is 0 Å². The number of nitrogens with one attached hydrogen (secondary N) is 1. The van der Waals surface area contributed by atoms with Crippen LogP contribution in [0.2, 0.25) is 0 Å². The SMILES string of the molecule is COCC(CCO)NC(=O)c1ccc(C)c(N)c1. The van der Waals surface area contributed by atoms with E-state index in [0.29, 0.717) is 24.3 Å². The molecule has 1 amide bonds. The van der Waals surface area contributed by atoms with Crippen molar-refractivity contribution in [3.8, 4) is 0 Å². The molecule has 1 aromatic carbocycles. The second-order valence-corrected chi connectivity index (χ2v) is 4.21. The van der Waals surface area contributed by atoms with Crippen LogP contribution in [0.15, 0.2) is 18.2 Å². The summed E-state index contributed by atoms with van der Waals surface area (Å²) >= 11 is 0. The van der Waals surface area contributed by atoms with Gasteiger partial charge >= 0.3 is 0 Å². The van der Waals surface area contributed by atoms with Crippen LogP contribution >= 0.6 is 0 Å². The Morgan fingerprint density at radius 3 is 2.83 bits per heavy atom. The summed E-state index contributed by atoms with van der Waals surface area (Å²) in [5.41, 5.74) is 7.80. The quantitative estimate of drug-likeness (QED) is 0.651. The van der Waals surface area contributed by atoms with Crippen LogP contribution in [-0.2, 0) is 4.74 Å². The standard InChI is InChI=1S/C13H20N2O3/c1-9-3-4-10(7-12(9)14)13(17)15-11(5-6-16)8-18-2/h3-4,7,11,16H,5-6,8,14H2,1-2H3,(H,15,17). The van der Waals surface area contributed by atoms with E-state index in [0.717, 1.165) is 5.56 Å². The largest absolute Gasteiger partial charge is 0.398 e. The van der Waals surface area contributed by atoms with E-state index in [2.05, 4.69) is 5.32 Å². The van der Waals surface area contributed by atoms with Crippen LogP contribution in [0.4, 0.5) is 5.69 Å². The maximum atomic E-state index is 12.0. The van der Waals surface area contributed by atoms with Gasteiger partial charge in [0.1, 0.15) is 0 Å². The number of carbonyl (C=O) groups excluding carboxylic acids is 1. The molecule has 0 heterocycles. The zero-order chi connectivity index (χ0) is 13.5. The molecule has 1 unspecified atom stereocenters. The van der Waals surface area contributed by atoms with Gasteiger partial charge in [-0.05, 0) is 31.0 Å². The van der Waals surface area contributed by atoms with Crippen molar-refractivity contribution in [3.05, 3.63) is 29.3 Å². The summed E-state index contributed by atoms with van der Waals surface area (Å²) in [4.78, 5) is 12.0. The molecule has 0 fully saturated rings. The van der Waals surface area contributed by atoms with Crippen molar-refractivity contribution in [1.29, 1.82) is 0 Å². The molecule has 1 rings (SSSR count). The van der Waals surface area contributed by atoms with Crippen molar-refractivity contribution in [2.75, 3.05) is 26.1 Å². The molecule has 0 aliphatic carbocycles. The van der Waals surface area contributed by atoms with Crippen LogP contribution in [-0.4, -0.2) is 37.4 Å². The van der Waals surface area contributed by atoms with Crippen molar-refractivity contribution >= 4 is 11.6 Å². The molecule has 0 aliphatic rings. The Kier molecular flexibility index (Phi) is 5.61. The van der Waals surface area contributed by atoms with Gasteiger partial charge in [-0.25, -0.2) is 0 Å². The maximum Gasteiger partial charge on any atom is 0.251 e. The summed E-state index contributed by atoms with van der Waals surface area (Å²) in [5.74, 6) is -0.211. The Bertz CT molecular complexity index is 401. The molecule has 5 nitrogen and oxygen atoms in total. The summed E-state index contributed by atoms with van der Waals surface area (Å²) in [6.45, 7) is 2.26. The summed E-state index contributed by atoms with van der Waals surface area (Å²) in [6.07, 6.45) is 0.459. The molecule has 5 heteroatoms. The van der Waals surface area contributed by atoms with Gasteiger partial charge in [0.25, 0.3) is 5.91 Å². The number of amides is 1. The Morgan fingerprint density at radius 2 is 2.28 bits per heavy atom. The van der Waals surface area contributed by atoms with Crippen LogP contribution in [0.5, 0.6) is 0 Å². The molecule has 0 saturated heterocycles. The molecule has 0 bridgehead atoms. The second-order valence-electron chi connectivity index (χ2n) is 4.21. The van der Waals surface area contributed by atoms with Gasteiger partial charge in [-0.15, -0.1) is 0 Å². The third kappa shape index (κ3) is 4.01. The van der Waals surface area contributed by atoms with Crippen molar-refractivity contribution in [1.82, 2.24) is 5.32 Å². The summed E-state index contributed by atoms with van der Waals surface area (Å²) in [5, 5.41) is 11.7. The third-order valence-corrected chi connectivity index (χ3v) is 2.72. The number of carbonyl (C=O) groups is 1. The number of nitrogens with two attached hydrogens (primary N) is 1. The molecule has 0 saturated carbocycles. The fourth-order valence-electron chi connectivity index (χ4n) is 1.60. The zero-order valence-electron chi connectivity index (χ0n) is 10.8. The predicted molar refractivity (Wildman–Crippen MR) is 70.4 cm³/mol. The van der Waals surface area contributed by atoms with Crippen LogP contribution in [0.3, 0.4) is 0 Å². The lowest BCUT2D eigenvalue weighted by molar-refractivity contribution is 0.0879. The van der Waals surface area contributed by atoms with Crippen molar-refractivity contribution in [2.24, 2.45) is 0 Å². The van der Waals surface area contributed by atoms with Gasteiger partial charge in [0.15, 0.2) is 0 Å². The van der Waals surface area contributed by atoms with Crippen molar-refractivity contribution in [2.45, 2.75) is 19.4 Å². The maximum absolute atomic E-state index is 12.0. The van der Waals surface area contributed by atoms with Gasteiger partial charge in [0.05, 0.1) is 12.6 Å². The smallest absolute Gasteiger partial charge is 0.251 e. The number of anilines is 1. The highest BCUT2D eigenvalue weighted by atomic mass is 16.5. The first-order valence-electron chi connectivity index (χ1n) is 5.85. The predicted octanol–water partition coefficient (Wildman–Crippen LogP) is 0.704. The molecular weight excluding hydrogens is 232 g/mol. The van der Waals surface area contributed by atoms with Gasteiger partial charge < -0.3 is 20.9 Å². The first-order valence-corrected chi connectivity index (χ1v) is 5.85. The number of aliphatic hydroxyl groups excluding tert-OH is 1. The first kappa shape index (κ1) is 14.5. The first-order chi connectivity index (χ1) is 8.58. The zero-order valence-corrected chi connectivity index (χ0v) is 10.8. The highest BCUT2D eigenvalue weighted by molar-refractivity contribution is 5.95. The lowest BCUT2D eigenvalue weighted by Crippen LogP contribution is -2.38. The number of benzene rings is 1. The van der Waals surface area contributed by atoms with Crippen LogP contribution < -0.4 is 11.1 Å². The molecule has 18 heavy (non-hydrogen) atoms. The number of ether oxygens (including phenoxy) is 1. The number of hydrogen-bond acceptors (Lipinski definition) is 4. The van der Waals surface area contributed by atoms with Gasteiger partial charge in [0.2, 0.25) is 0 Å². The van der Waals surface area contributed by atoms with E-state index in [1.54, 1.807) is 19.2 Å². The van der Waals surface area contributed by atoms with E-state index in [-0.39, 0.29) is 18.6 Å². The van der Waals surface area contributed by atoms with E-state index in [1.807, 2.05) is 13.0 Å². The Balaban J connectivity index is 2.70. The van der Waals surface area contributed by atoms with Crippen LogP contribution in [0, 0.1) is 6.92 Å². The van der Waals surface area contributed by atoms with E-state index >= 15 is 0 Å². The van der Waals surface area contributed by atoms with E-state index in [1.165, 1.54) is 0 Å². The normalized spacial score (nSPS) is 12.2. The average molecular weight is 252 g/mol. The van der Waals surface area contributed by atoms with Gasteiger partial charge in [-0.2, -0.15) is 0 Å². The van der Waals surface area contributed by atoms with Crippen molar-refractivity contribution in [3.63, 3.8) is 0 Å². The van der Waals surface area contributed by atoms with E-state index in [9.17, 15) is 4.79 Å². The third-order valence-electron chi connectivity index (χ3n) is 2.72. The molecule has 1 atom stereocenters. The summed E-state index contributed by atoms with van der Waals surface area (Å²) in [6, 6.07) is 4.98. The molecule has 0 radical (unpaired) electrons. The monoisotopic (exact) mass is 252 g/mol. The number of aliphatic hydroxyl groups is 1. The fraction of sp³-hybridized carbons (Fsp3) is 0.462. The molecular formula is C13H20N2O3. The summed E-state index contributed by atoms with van der Waals surface area (Å²) < 4.78 is 4.99. The molecule has 0 spiro atoms. The molecule has 0 aromatic heterocycles. The molecule has 100 valence electrons. The fourth-order valence-corrected chi connectivity index (χ4v) is 1.60. The number of methoxy groups -OCH3 is 1. The number of rotatable bonds is 6. The Labute approximate surface area is 107 Å². The Morgan fingerprint density at radius 1 is 1.56 bits per heavy atom. The highest BCUT2D eigenvalue weighted by Gasteiger charge is 2.13. The minimum absolute atomic E-state index is 0.00431. The minimum Gasteiger partial charge on any atom is -0.398 e. The van der Waals surface area contributed by atoms with E-state index < -0.39 is 0 Å². The molecule has 4 N–H and O–H groups in total. The number of hydrogen-bond donors (Lipinski definition) is 3. The number of nitrogen functional groups attached to an aromatic ring is 1. The Hall–Kier alpha value is -1.59. The van der Waals surface area contributed by atoms with E-state index in [4.69, 9.17) is 15.6 Å². The van der Waals surface area contributed by atoms with Gasteiger partial charge in [-0.3, -0.25) is 4.79 Å². The lowest BCUT2D eigenvalue weighted by Gasteiger charge is -2.17. The van der Waals surface area contributed by atoms with Gasteiger partial charge in [-0.1, -0.05) is 6.07 Å². The molecule has 0 aliphatic heterocycles. The van der Waals surface area contributed by atoms with Crippen LogP contribution in [0.1, 0.15) is 22.3 Å². The van der Waals surface area contributed by atoms with Crippen molar-refractivity contribution < 1.29 is 14.6 Å². The topological polar surface area (TPSA) is 84.6 Å². The second kappa shape index (κ2) is 6.98. The molecule has 1 aromatic rings.